The lowest BCUT2D eigenvalue weighted by atomic mass is 9.96. The van der Waals surface area contributed by atoms with E-state index in [-0.39, 0.29) is 18.7 Å². The summed E-state index contributed by atoms with van der Waals surface area (Å²) in [5, 5.41) is 17.5. The number of urea groups is 1. The Morgan fingerprint density at radius 1 is 0.976 bits per heavy atom. The Balaban J connectivity index is 1.44. The summed E-state index contributed by atoms with van der Waals surface area (Å²) in [7, 11) is 1.50. The third-order valence-corrected chi connectivity index (χ3v) is 6.94. The molecule has 0 unspecified atom stereocenters. The number of carboxylic acid groups (broad SMARTS) is 1. The molecule has 4 N–H and O–H groups in total. The number of para-hydroxylation sites is 1. The fourth-order valence-corrected chi connectivity index (χ4v) is 4.93. The second-order valence-corrected chi connectivity index (χ2v) is 10.0. The first kappa shape index (κ1) is 29.1. The minimum absolute atomic E-state index is 0.0829. The van der Waals surface area contributed by atoms with Crippen LogP contribution < -0.4 is 25.6 Å². The van der Waals surface area contributed by atoms with E-state index in [9.17, 15) is 24.3 Å². The molecule has 0 saturated carbocycles. The summed E-state index contributed by atoms with van der Waals surface area (Å²) < 4.78 is 5.49. The molecule has 0 radical (unpaired) electrons. The highest BCUT2D eigenvalue weighted by atomic mass is 16.5. The van der Waals surface area contributed by atoms with E-state index in [1.165, 1.54) is 14.0 Å². The number of carbonyl (C=O) groups is 4. The topological polar surface area (TPSA) is 137 Å². The van der Waals surface area contributed by atoms with Crippen molar-refractivity contribution < 1.29 is 29.0 Å². The number of amides is 4. The molecule has 41 heavy (non-hydrogen) atoms. The second kappa shape index (κ2) is 13.0. The number of aliphatic carboxylic acids is 1. The number of anilines is 3. The number of rotatable bonds is 9. The van der Waals surface area contributed by atoms with Crippen LogP contribution in [0.5, 0.6) is 5.75 Å². The molecule has 0 spiro atoms. The van der Waals surface area contributed by atoms with E-state index < -0.39 is 23.9 Å². The molecule has 0 saturated heterocycles. The quantitative estimate of drug-likeness (QED) is 0.309. The molecule has 0 fully saturated rings. The van der Waals surface area contributed by atoms with Crippen LogP contribution in [0.4, 0.5) is 21.9 Å². The van der Waals surface area contributed by atoms with E-state index in [1.54, 1.807) is 29.2 Å². The molecular weight excluding hydrogens is 524 g/mol. The Morgan fingerprint density at radius 3 is 2.41 bits per heavy atom. The van der Waals surface area contributed by atoms with Crippen LogP contribution >= 0.6 is 0 Å². The highest BCUT2D eigenvalue weighted by Crippen LogP contribution is 2.31. The number of hydrogen-bond donors (Lipinski definition) is 4. The second-order valence-electron chi connectivity index (χ2n) is 10.0. The Morgan fingerprint density at radius 2 is 1.71 bits per heavy atom. The molecule has 1 aliphatic rings. The van der Waals surface area contributed by atoms with Crippen LogP contribution in [-0.4, -0.2) is 48.6 Å². The van der Waals surface area contributed by atoms with E-state index in [4.69, 9.17) is 4.74 Å². The van der Waals surface area contributed by atoms with Gasteiger partial charge in [-0.25, -0.2) is 9.59 Å². The van der Waals surface area contributed by atoms with Crippen LogP contribution in [0.15, 0.2) is 60.7 Å². The third kappa shape index (κ3) is 7.42. The average Bonchev–Trinajstić information content (AvgIpc) is 2.94. The third-order valence-electron chi connectivity index (χ3n) is 6.94. The minimum atomic E-state index is -1.10. The lowest BCUT2D eigenvalue weighted by Gasteiger charge is -2.30. The lowest BCUT2D eigenvalue weighted by molar-refractivity contribution is -0.141. The number of fused-ring (bicyclic) bond motifs is 1. The van der Waals surface area contributed by atoms with Crippen molar-refractivity contribution in [2.45, 2.75) is 45.6 Å². The molecule has 3 aromatic carbocycles. The lowest BCUT2D eigenvalue weighted by Crippen LogP contribution is -2.41. The summed E-state index contributed by atoms with van der Waals surface area (Å²) >= 11 is 0. The number of nitrogens with one attached hydrogen (secondary N) is 3. The van der Waals surface area contributed by atoms with Gasteiger partial charge in [-0.2, -0.15) is 0 Å². The maximum Gasteiger partial charge on any atom is 0.326 e. The van der Waals surface area contributed by atoms with Crippen LogP contribution in [0.2, 0.25) is 0 Å². The van der Waals surface area contributed by atoms with Gasteiger partial charge in [0.1, 0.15) is 11.8 Å². The first-order valence-electron chi connectivity index (χ1n) is 13.4. The zero-order valence-corrected chi connectivity index (χ0v) is 23.3. The Bertz CT molecular complexity index is 1470. The van der Waals surface area contributed by atoms with Gasteiger partial charge in [0.05, 0.1) is 19.2 Å². The zero-order valence-electron chi connectivity index (χ0n) is 23.3. The zero-order chi connectivity index (χ0) is 29.5. The fraction of sp³-hybridized carbons (Fsp3) is 0.290. The number of carboxylic acids is 1. The van der Waals surface area contributed by atoms with Gasteiger partial charge in [0, 0.05) is 31.3 Å². The number of ether oxygens (including phenoxy) is 1. The Hall–Kier alpha value is -4.86. The molecule has 0 aromatic heterocycles. The van der Waals surface area contributed by atoms with Crippen LogP contribution in [0.1, 0.15) is 35.6 Å². The average molecular weight is 559 g/mol. The van der Waals surface area contributed by atoms with Crippen molar-refractivity contribution in [3.05, 3.63) is 82.9 Å². The predicted octanol–water partition coefficient (Wildman–Crippen LogP) is 4.30. The van der Waals surface area contributed by atoms with Crippen molar-refractivity contribution >= 4 is 40.9 Å². The monoisotopic (exact) mass is 558 g/mol. The van der Waals surface area contributed by atoms with Crippen molar-refractivity contribution in [2.75, 3.05) is 29.2 Å². The Kier molecular flexibility index (Phi) is 9.23. The van der Waals surface area contributed by atoms with Crippen molar-refractivity contribution in [3.63, 3.8) is 0 Å². The predicted molar refractivity (Wildman–Crippen MR) is 157 cm³/mol. The first-order chi connectivity index (χ1) is 19.6. The number of carbonyl (C=O) groups excluding carboxylic acids is 3. The molecule has 1 aliphatic heterocycles. The molecule has 4 rings (SSSR count). The van der Waals surface area contributed by atoms with Gasteiger partial charge in [-0.15, -0.1) is 0 Å². The summed E-state index contributed by atoms with van der Waals surface area (Å²) in [6, 6.07) is 16.8. The molecule has 0 aliphatic carbocycles. The molecule has 10 nitrogen and oxygen atoms in total. The van der Waals surface area contributed by atoms with Gasteiger partial charge in [0.2, 0.25) is 11.8 Å². The van der Waals surface area contributed by atoms with E-state index in [1.807, 2.05) is 43.3 Å². The number of benzene rings is 3. The standard InChI is InChI=1S/C31H34N4O6/c1-19-7-4-5-9-24(19)33-31(40)34-25-12-10-22(17-28(25)41-3)18-29(37)35-14-6-8-23-15-21(11-13-27(23)35)16-26(30(38)39)32-20(2)36/h4-5,7,9-13,15,17,26H,6,8,14,16,18H2,1-3H3,(H,32,36)(H,38,39)(H2,33,34,40)/t26-/m0/s1. The van der Waals surface area contributed by atoms with Crippen molar-refractivity contribution in [1.82, 2.24) is 5.32 Å². The number of nitrogens with zero attached hydrogens (tertiary/aromatic N) is 1. The summed E-state index contributed by atoms with van der Waals surface area (Å²) in [6.07, 6.45) is 1.83. The smallest absolute Gasteiger partial charge is 0.326 e. The highest BCUT2D eigenvalue weighted by molar-refractivity contribution is 6.01. The van der Waals surface area contributed by atoms with E-state index in [2.05, 4.69) is 16.0 Å². The van der Waals surface area contributed by atoms with Gasteiger partial charge in [-0.3, -0.25) is 9.59 Å². The van der Waals surface area contributed by atoms with Crippen LogP contribution in [0.25, 0.3) is 0 Å². The minimum Gasteiger partial charge on any atom is -0.495 e. The molecule has 1 atom stereocenters. The van der Waals surface area contributed by atoms with Crippen molar-refractivity contribution in [3.8, 4) is 5.75 Å². The number of aryl methyl sites for hydroxylation is 2. The SMILES string of the molecule is COc1cc(CC(=O)N2CCCc3cc(C[C@H](NC(C)=O)C(=O)O)ccc32)ccc1NC(=O)Nc1ccccc1C. The maximum absolute atomic E-state index is 13.4. The maximum atomic E-state index is 13.4. The number of methoxy groups -OCH3 is 1. The molecule has 4 amide bonds. The van der Waals surface area contributed by atoms with Crippen molar-refractivity contribution in [1.29, 1.82) is 0 Å². The van der Waals surface area contributed by atoms with E-state index >= 15 is 0 Å². The van der Waals surface area contributed by atoms with Gasteiger partial charge < -0.3 is 30.7 Å². The van der Waals surface area contributed by atoms with Gasteiger partial charge in [-0.05, 0) is 66.3 Å². The fourth-order valence-electron chi connectivity index (χ4n) is 4.93. The van der Waals surface area contributed by atoms with E-state index in [0.717, 1.165) is 40.8 Å². The summed E-state index contributed by atoms with van der Waals surface area (Å²) in [5.74, 6) is -1.15. The summed E-state index contributed by atoms with van der Waals surface area (Å²) in [5.41, 5.74) is 5.39. The van der Waals surface area contributed by atoms with Crippen LogP contribution in [0.3, 0.4) is 0 Å². The molecule has 0 bridgehead atoms. The molecule has 1 heterocycles. The molecule has 3 aromatic rings. The molecule has 214 valence electrons. The van der Waals surface area contributed by atoms with Crippen molar-refractivity contribution in [2.24, 2.45) is 0 Å². The normalized spacial score (nSPS) is 13.0. The van der Waals surface area contributed by atoms with Gasteiger partial charge in [-0.1, -0.05) is 36.4 Å². The van der Waals surface area contributed by atoms with E-state index in [0.29, 0.717) is 23.7 Å². The number of hydrogen-bond acceptors (Lipinski definition) is 5. The van der Waals surface area contributed by atoms with Gasteiger partial charge >= 0.3 is 12.0 Å². The summed E-state index contributed by atoms with van der Waals surface area (Å²) in [6.45, 7) is 3.77. The van der Waals surface area contributed by atoms with Crippen LogP contribution in [-0.2, 0) is 33.6 Å². The van der Waals surface area contributed by atoms with Gasteiger partial charge in [0.15, 0.2) is 0 Å². The largest absolute Gasteiger partial charge is 0.495 e. The van der Waals surface area contributed by atoms with Gasteiger partial charge in [0.25, 0.3) is 0 Å². The molecular formula is C31H34N4O6. The highest BCUT2D eigenvalue weighted by Gasteiger charge is 2.25. The molecule has 10 heteroatoms. The summed E-state index contributed by atoms with van der Waals surface area (Å²) in [4.78, 5) is 50.6. The Labute approximate surface area is 238 Å². The first-order valence-corrected chi connectivity index (χ1v) is 13.4. The van der Waals surface area contributed by atoms with Crippen LogP contribution in [0, 0.1) is 6.92 Å².